The fraction of sp³-hybridized carbons (Fsp3) is 1.00. The maximum Gasteiger partial charge on any atom is 0.217 e. The minimum Gasteiger partial charge on any atom is -0.317 e. The maximum atomic E-state index is 12.7. The third kappa shape index (κ3) is 2.51. The first-order valence-electron chi connectivity index (χ1n) is 6.80. The van der Waals surface area contributed by atoms with Crippen LogP contribution in [0.4, 0.5) is 0 Å². The molecule has 2 aliphatic heterocycles. The first kappa shape index (κ1) is 13.3. The lowest BCUT2D eigenvalue weighted by Gasteiger charge is -2.33. The molecule has 0 radical (unpaired) electrons. The molecule has 2 saturated heterocycles. The minimum atomic E-state index is -3.08. The molecule has 4 nitrogen and oxygen atoms in total. The van der Waals surface area contributed by atoms with Crippen LogP contribution in [0.3, 0.4) is 0 Å². The van der Waals surface area contributed by atoms with E-state index in [1.807, 2.05) is 11.2 Å². The van der Waals surface area contributed by atoms with Crippen molar-refractivity contribution in [3.8, 4) is 0 Å². The van der Waals surface area contributed by atoms with Crippen molar-refractivity contribution >= 4 is 10.0 Å². The first-order valence-corrected chi connectivity index (χ1v) is 8.30. The molecular weight excluding hydrogens is 236 g/mol. The zero-order chi connectivity index (χ0) is 12.5. The fourth-order valence-electron chi connectivity index (χ4n) is 3.16. The van der Waals surface area contributed by atoms with Crippen molar-refractivity contribution in [1.29, 1.82) is 0 Å². The maximum absolute atomic E-state index is 12.7. The summed E-state index contributed by atoms with van der Waals surface area (Å²) in [7, 11) is -3.08. The summed E-state index contributed by atoms with van der Waals surface area (Å²) in [6, 6.07) is 0.435. The number of nitrogens with one attached hydrogen (secondary N) is 1. The van der Waals surface area contributed by atoms with Gasteiger partial charge in [0.25, 0.3) is 0 Å². The second-order valence-electron chi connectivity index (χ2n) is 5.31. The highest BCUT2D eigenvalue weighted by Gasteiger charge is 2.42. The van der Waals surface area contributed by atoms with Crippen LogP contribution in [0.25, 0.3) is 0 Å². The molecule has 17 heavy (non-hydrogen) atoms. The summed E-state index contributed by atoms with van der Waals surface area (Å²) in [5.74, 6) is 0. The van der Waals surface area contributed by atoms with Gasteiger partial charge in [-0.2, -0.15) is 4.31 Å². The number of hydrogen-bond acceptors (Lipinski definition) is 3. The quantitative estimate of drug-likeness (QED) is 0.833. The Morgan fingerprint density at radius 1 is 1.18 bits per heavy atom. The zero-order valence-corrected chi connectivity index (χ0v) is 11.7. The molecule has 2 atom stereocenters. The lowest BCUT2D eigenvalue weighted by Crippen LogP contribution is -2.48. The van der Waals surface area contributed by atoms with Crippen LogP contribution in [0.1, 0.15) is 46.0 Å². The molecule has 0 bridgehead atoms. The highest BCUT2D eigenvalue weighted by Crippen LogP contribution is 2.32. The van der Waals surface area contributed by atoms with Crippen LogP contribution in [0, 0.1) is 0 Å². The van der Waals surface area contributed by atoms with Crippen molar-refractivity contribution in [3.05, 3.63) is 0 Å². The van der Waals surface area contributed by atoms with Gasteiger partial charge in [0.15, 0.2) is 0 Å². The SMILES string of the molecule is CCC1CCC(C)N1S(=O)(=O)C1CCNCC1. The number of nitrogens with zero attached hydrogens (tertiary/aromatic N) is 1. The molecule has 0 aromatic heterocycles. The van der Waals surface area contributed by atoms with Crippen molar-refractivity contribution in [2.24, 2.45) is 0 Å². The van der Waals surface area contributed by atoms with E-state index in [1.54, 1.807) is 0 Å². The lowest BCUT2D eigenvalue weighted by molar-refractivity contribution is 0.318. The van der Waals surface area contributed by atoms with E-state index in [1.165, 1.54) is 0 Å². The van der Waals surface area contributed by atoms with Gasteiger partial charge in [0.05, 0.1) is 5.25 Å². The number of rotatable bonds is 3. The molecule has 2 fully saturated rings. The van der Waals surface area contributed by atoms with Gasteiger partial charge in [-0.15, -0.1) is 0 Å². The Morgan fingerprint density at radius 2 is 1.82 bits per heavy atom. The van der Waals surface area contributed by atoms with E-state index < -0.39 is 10.0 Å². The number of hydrogen-bond donors (Lipinski definition) is 1. The number of piperidine rings is 1. The summed E-state index contributed by atoms with van der Waals surface area (Å²) >= 11 is 0. The van der Waals surface area contributed by atoms with Gasteiger partial charge in [0.2, 0.25) is 10.0 Å². The molecule has 0 aliphatic carbocycles. The standard InChI is InChI=1S/C12H24N2O2S/c1-3-11-5-4-10(2)14(11)17(15,16)12-6-8-13-9-7-12/h10-13H,3-9H2,1-2H3. The van der Waals surface area contributed by atoms with Gasteiger partial charge in [-0.1, -0.05) is 6.92 Å². The highest BCUT2D eigenvalue weighted by atomic mass is 32.2. The molecule has 0 aromatic carbocycles. The van der Waals surface area contributed by atoms with E-state index >= 15 is 0 Å². The van der Waals surface area contributed by atoms with Crippen LogP contribution < -0.4 is 5.32 Å². The van der Waals surface area contributed by atoms with Crippen LogP contribution in [0.15, 0.2) is 0 Å². The Balaban J connectivity index is 2.18. The van der Waals surface area contributed by atoms with Gasteiger partial charge < -0.3 is 5.32 Å². The zero-order valence-electron chi connectivity index (χ0n) is 10.9. The second-order valence-corrected chi connectivity index (χ2v) is 7.43. The smallest absolute Gasteiger partial charge is 0.217 e. The molecule has 2 unspecified atom stereocenters. The minimum absolute atomic E-state index is 0.154. The normalized spacial score (nSPS) is 33.1. The molecule has 0 saturated carbocycles. The summed E-state index contributed by atoms with van der Waals surface area (Å²) in [5, 5.41) is 3.08. The third-order valence-corrected chi connectivity index (χ3v) is 6.74. The Hall–Kier alpha value is -0.130. The molecule has 0 amide bonds. The lowest BCUT2D eigenvalue weighted by atomic mass is 10.2. The molecule has 2 heterocycles. The molecule has 1 N–H and O–H groups in total. The second kappa shape index (κ2) is 5.24. The van der Waals surface area contributed by atoms with E-state index in [2.05, 4.69) is 12.2 Å². The monoisotopic (exact) mass is 260 g/mol. The van der Waals surface area contributed by atoms with Crippen molar-refractivity contribution in [3.63, 3.8) is 0 Å². The van der Waals surface area contributed by atoms with E-state index in [0.717, 1.165) is 45.2 Å². The van der Waals surface area contributed by atoms with E-state index in [9.17, 15) is 8.42 Å². The van der Waals surface area contributed by atoms with Crippen molar-refractivity contribution < 1.29 is 8.42 Å². The van der Waals surface area contributed by atoms with Crippen LogP contribution in [0.2, 0.25) is 0 Å². The van der Waals surface area contributed by atoms with E-state index in [4.69, 9.17) is 0 Å². The summed E-state index contributed by atoms with van der Waals surface area (Å²) in [5.41, 5.74) is 0. The molecule has 100 valence electrons. The van der Waals surface area contributed by atoms with Crippen molar-refractivity contribution in [1.82, 2.24) is 9.62 Å². The third-order valence-electron chi connectivity index (χ3n) is 4.18. The number of sulfonamides is 1. The molecule has 0 spiro atoms. The molecule has 2 rings (SSSR count). The average molecular weight is 260 g/mol. The van der Waals surface area contributed by atoms with Gasteiger partial charge in [0.1, 0.15) is 0 Å². The van der Waals surface area contributed by atoms with E-state index in [-0.39, 0.29) is 17.3 Å². The Morgan fingerprint density at radius 3 is 2.41 bits per heavy atom. The summed E-state index contributed by atoms with van der Waals surface area (Å²) in [4.78, 5) is 0. The highest BCUT2D eigenvalue weighted by molar-refractivity contribution is 7.89. The fourth-order valence-corrected chi connectivity index (χ4v) is 5.61. The topological polar surface area (TPSA) is 49.4 Å². The Bertz CT molecular complexity index is 350. The predicted octanol–water partition coefficient (Wildman–Crippen LogP) is 1.33. The van der Waals surface area contributed by atoms with Gasteiger partial charge in [-0.25, -0.2) is 8.42 Å². The first-order chi connectivity index (χ1) is 8.07. The van der Waals surface area contributed by atoms with Gasteiger partial charge >= 0.3 is 0 Å². The van der Waals surface area contributed by atoms with Gasteiger partial charge in [-0.3, -0.25) is 0 Å². The van der Waals surface area contributed by atoms with Crippen molar-refractivity contribution in [2.45, 2.75) is 63.3 Å². The van der Waals surface area contributed by atoms with Crippen LogP contribution >= 0.6 is 0 Å². The molecule has 0 aromatic rings. The Kier molecular flexibility index (Phi) is 4.10. The molecule has 5 heteroatoms. The summed E-state index contributed by atoms with van der Waals surface area (Å²) in [6.07, 6.45) is 4.52. The van der Waals surface area contributed by atoms with Gasteiger partial charge in [-0.05, 0) is 52.1 Å². The van der Waals surface area contributed by atoms with Crippen LogP contribution in [-0.4, -0.2) is 43.1 Å². The average Bonchev–Trinajstić information content (AvgIpc) is 2.72. The molecular formula is C12H24N2O2S. The van der Waals surface area contributed by atoms with E-state index in [0.29, 0.717) is 0 Å². The van der Waals surface area contributed by atoms with Crippen LogP contribution in [-0.2, 0) is 10.0 Å². The summed E-state index contributed by atoms with van der Waals surface area (Å²) in [6.45, 7) is 5.81. The predicted molar refractivity (Wildman–Crippen MR) is 69.4 cm³/mol. The largest absolute Gasteiger partial charge is 0.317 e. The van der Waals surface area contributed by atoms with Crippen molar-refractivity contribution in [2.75, 3.05) is 13.1 Å². The van der Waals surface area contributed by atoms with Gasteiger partial charge in [0, 0.05) is 12.1 Å². The Labute approximate surface area is 105 Å². The van der Waals surface area contributed by atoms with Crippen LogP contribution in [0.5, 0.6) is 0 Å². The molecule has 2 aliphatic rings. The summed E-state index contributed by atoms with van der Waals surface area (Å²) < 4.78 is 27.2.